The fourth-order valence-corrected chi connectivity index (χ4v) is 3.58. The van der Waals surface area contributed by atoms with Crippen molar-refractivity contribution in [3.05, 3.63) is 35.9 Å². The number of nitrogens with one attached hydrogen (secondary N) is 1. The molecule has 1 N–H and O–H groups in total. The highest BCUT2D eigenvalue weighted by Crippen LogP contribution is 2.40. The lowest BCUT2D eigenvalue weighted by atomic mass is 9.77. The van der Waals surface area contributed by atoms with Crippen LogP contribution in [0, 0.1) is 0 Å². The molecule has 0 aromatic heterocycles. The first-order valence-electron chi connectivity index (χ1n) is 8.38. The molecule has 1 saturated heterocycles. The lowest BCUT2D eigenvalue weighted by molar-refractivity contribution is -0.138. The third-order valence-corrected chi connectivity index (χ3v) is 4.99. The fraction of sp³-hybridized carbons (Fsp3) is 0.667. The number of hydrogen-bond acceptors (Lipinski definition) is 3. The normalized spacial score (nSPS) is 24.9. The highest BCUT2D eigenvalue weighted by atomic mass is 16.5. The Morgan fingerprint density at radius 1 is 1.29 bits per heavy atom. The summed E-state index contributed by atoms with van der Waals surface area (Å²) in [6.07, 6.45) is 6.64. The molecule has 3 nitrogen and oxygen atoms in total. The summed E-state index contributed by atoms with van der Waals surface area (Å²) in [6, 6.07) is 10.8. The Labute approximate surface area is 128 Å². The van der Waals surface area contributed by atoms with E-state index < -0.39 is 0 Å². The fourth-order valence-electron chi connectivity index (χ4n) is 3.58. The summed E-state index contributed by atoms with van der Waals surface area (Å²) in [7, 11) is 2.03. The number of benzene rings is 1. The van der Waals surface area contributed by atoms with E-state index in [1.54, 1.807) is 0 Å². The standard InChI is InChI=1S/C18H28N2O/c1-19-12-11-18(9-5-10-18)21-17-8-13-20(15-17)14-16-6-3-2-4-7-16/h2-4,6-7,17,19H,5,8-15H2,1H3. The summed E-state index contributed by atoms with van der Waals surface area (Å²) in [5.41, 5.74) is 1.60. The first-order chi connectivity index (χ1) is 10.3. The van der Waals surface area contributed by atoms with E-state index >= 15 is 0 Å². The molecule has 2 fully saturated rings. The van der Waals surface area contributed by atoms with Gasteiger partial charge >= 0.3 is 0 Å². The highest BCUT2D eigenvalue weighted by Gasteiger charge is 2.40. The van der Waals surface area contributed by atoms with Crippen molar-refractivity contribution < 1.29 is 4.74 Å². The van der Waals surface area contributed by atoms with E-state index in [9.17, 15) is 0 Å². The predicted molar refractivity (Wildman–Crippen MR) is 86.3 cm³/mol. The lowest BCUT2D eigenvalue weighted by Crippen LogP contribution is -2.45. The third kappa shape index (κ3) is 3.85. The zero-order valence-corrected chi connectivity index (χ0v) is 13.2. The van der Waals surface area contributed by atoms with Crippen molar-refractivity contribution in [2.24, 2.45) is 0 Å². The Hall–Kier alpha value is -0.900. The summed E-state index contributed by atoms with van der Waals surface area (Å²) in [5, 5.41) is 3.27. The van der Waals surface area contributed by atoms with Crippen LogP contribution in [0.15, 0.2) is 30.3 Å². The first kappa shape index (κ1) is 15.0. The van der Waals surface area contributed by atoms with Crippen molar-refractivity contribution in [3.63, 3.8) is 0 Å². The van der Waals surface area contributed by atoms with E-state index in [1.165, 1.54) is 44.2 Å². The van der Waals surface area contributed by atoms with E-state index in [2.05, 4.69) is 40.5 Å². The summed E-state index contributed by atoms with van der Waals surface area (Å²) < 4.78 is 6.52. The SMILES string of the molecule is CNCCC1(OC2CCN(Cc3ccccc3)C2)CCC1. The Kier molecular flexibility index (Phi) is 4.94. The van der Waals surface area contributed by atoms with Crippen molar-refractivity contribution in [1.29, 1.82) is 0 Å². The van der Waals surface area contributed by atoms with Crippen molar-refractivity contribution in [2.45, 2.75) is 50.4 Å². The van der Waals surface area contributed by atoms with Crippen LogP contribution in [0.4, 0.5) is 0 Å². The summed E-state index contributed by atoms with van der Waals surface area (Å²) in [5.74, 6) is 0. The van der Waals surface area contributed by atoms with Crippen LogP contribution in [0.1, 0.15) is 37.7 Å². The summed E-state index contributed by atoms with van der Waals surface area (Å²) >= 11 is 0. The van der Waals surface area contributed by atoms with Crippen LogP contribution in [0.25, 0.3) is 0 Å². The molecule has 3 heteroatoms. The number of ether oxygens (including phenoxy) is 1. The molecule has 1 aromatic rings. The minimum atomic E-state index is 0.191. The molecular weight excluding hydrogens is 260 g/mol. The van der Waals surface area contributed by atoms with Gasteiger partial charge in [-0.05, 0) is 51.3 Å². The van der Waals surface area contributed by atoms with Crippen LogP contribution in [0.2, 0.25) is 0 Å². The van der Waals surface area contributed by atoms with Gasteiger partial charge in [0.05, 0.1) is 11.7 Å². The maximum atomic E-state index is 6.52. The molecule has 1 aliphatic carbocycles. The molecule has 2 aliphatic rings. The Balaban J connectivity index is 1.48. The minimum Gasteiger partial charge on any atom is -0.370 e. The topological polar surface area (TPSA) is 24.5 Å². The van der Waals surface area contributed by atoms with Crippen LogP contribution >= 0.6 is 0 Å². The van der Waals surface area contributed by atoms with Gasteiger partial charge in [-0.3, -0.25) is 4.90 Å². The Morgan fingerprint density at radius 2 is 2.10 bits per heavy atom. The molecule has 1 aromatic carbocycles. The van der Waals surface area contributed by atoms with Gasteiger partial charge in [0.1, 0.15) is 0 Å². The summed E-state index contributed by atoms with van der Waals surface area (Å²) in [4.78, 5) is 2.53. The molecule has 0 spiro atoms. The Bertz CT molecular complexity index is 430. The molecule has 1 atom stereocenters. The van der Waals surface area contributed by atoms with E-state index in [0.717, 1.165) is 19.6 Å². The first-order valence-corrected chi connectivity index (χ1v) is 8.38. The quantitative estimate of drug-likeness (QED) is 0.835. The van der Waals surface area contributed by atoms with Crippen molar-refractivity contribution >= 4 is 0 Å². The highest BCUT2D eigenvalue weighted by molar-refractivity contribution is 5.14. The van der Waals surface area contributed by atoms with Crippen LogP contribution in [0.3, 0.4) is 0 Å². The molecule has 116 valence electrons. The van der Waals surface area contributed by atoms with Crippen molar-refractivity contribution in [2.75, 3.05) is 26.7 Å². The largest absolute Gasteiger partial charge is 0.370 e. The third-order valence-electron chi connectivity index (χ3n) is 4.99. The van der Waals surface area contributed by atoms with Gasteiger partial charge in [0, 0.05) is 19.6 Å². The second-order valence-electron chi connectivity index (χ2n) is 6.64. The molecule has 1 unspecified atom stereocenters. The van der Waals surface area contributed by atoms with E-state index in [-0.39, 0.29) is 5.60 Å². The molecule has 0 radical (unpaired) electrons. The molecule has 21 heavy (non-hydrogen) atoms. The number of nitrogens with zero attached hydrogens (tertiary/aromatic N) is 1. The second kappa shape index (κ2) is 6.91. The van der Waals surface area contributed by atoms with Gasteiger partial charge in [-0.15, -0.1) is 0 Å². The molecular formula is C18H28N2O. The van der Waals surface area contributed by atoms with Gasteiger partial charge in [-0.2, -0.15) is 0 Å². The summed E-state index contributed by atoms with van der Waals surface area (Å²) in [6.45, 7) is 4.39. The maximum absolute atomic E-state index is 6.52. The molecule has 1 heterocycles. The van der Waals surface area contributed by atoms with Gasteiger partial charge in [-0.25, -0.2) is 0 Å². The van der Waals surface area contributed by atoms with E-state index in [4.69, 9.17) is 4.74 Å². The van der Waals surface area contributed by atoms with Crippen LogP contribution in [-0.4, -0.2) is 43.3 Å². The van der Waals surface area contributed by atoms with Crippen LogP contribution < -0.4 is 5.32 Å². The van der Waals surface area contributed by atoms with Crippen LogP contribution in [-0.2, 0) is 11.3 Å². The Morgan fingerprint density at radius 3 is 2.76 bits per heavy atom. The monoisotopic (exact) mass is 288 g/mol. The van der Waals surface area contributed by atoms with E-state index in [1.807, 2.05) is 7.05 Å². The smallest absolute Gasteiger partial charge is 0.0721 e. The molecule has 1 saturated carbocycles. The molecule has 3 rings (SSSR count). The average molecular weight is 288 g/mol. The van der Waals surface area contributed by atoms with Crippen molar-refractivity contribution in [3.8, 4) is 0 Å². The van der Waals surface area contributed by atoms with Gasteiger partial charge in [0.25, 0.3) is 0 Å². The minimum absolute atomic E-state index is 0.191. The average Bonchev–Trinajstić information content (AvgIpc) is 2.90. The van der Waals surface area contributed by atoms with Gasteiger partial charge in [-0.1, -0.05) is 30.3 Å². The number of hydrogen-bond donors (Lipinski definition) is 1. The predicted octanol–water partition coefficient (Wildman–Crippen LogP) is 2.81. The zero-order valence-electron chi connectivity index (χ0n) is 13.2. The van der Waals surface area contributed by atoms with Gasteiger partial charge in [0.15, 0.2) is 0 Å². The van der Waals surface area contributed by atoms with Gasteiger partial charge in [0.2, 0.25) is 0 Å². The molecule has 0 bridgehead atoms. The lowest BCUT2D eigenvalue weighted by Gasteiger charge is -2.43. The van der Waals surface area contributed by atoms with Crippen molar-refractivity contribution in [1.82, 2.24) is 10.2 Å². The maximum Gasteiger partial charge on any atom is 0.0721 e. The number of rotatable bonds is 7. The van der Waals surface area contributed by atoms with E-state index in [0.29, 0.717) is 6.10 Å². The second-order valence-corrected chi connectivity index (χ2v) is 6.64. The molecule has 0 amide bonds. The van der Waals surface area contributed by atoms with Gasteiger partial charge < -0.3 is 10.1 Å². The zero-order chi connectivity index (χ0) is 14.5. The van der Waals surface area contributed by atoms with Crippen LogP contribution in [0.5, 0.6) is 0 Å². The molecule has 1 aliphatic heterocycles. The number of likely N-dealkylation sites (tertiary alicyclic amines) is 1.